The molecule has 0 saturated heterocycles. The van der Waals surface area contributed by atoms with Crippen molar-refractivity contribution in [2.45, 2.75) is 30.6 Å². The van der Waals surface area contributed by atoms with Crippen LogP contribution in [-0.4, -0.2) is 38.2 Å². The van der Waals surface area contributed by atoms with Gasteiger partial charge in [0.1, 0.15) is 0 Å². The lowest BCUT2D eigenvalue weighted by molar-refractivity contribution is 0.125. The summed E-state index contributed by atoms with van der Waals surface area (Å²) in [7, 11) is -3.22. The molecule has 0 spiro atoms. The Bertz CT molecular complexity index is 590. The summed E-state index contributed by atoms with van der Waals surface area (Å²) >= 11 is 5.99. The van der Waals surface area contributed by atoms with Gasteiger partial charge in [-0.15, -0.1) is 0 Å². The maximum absolute atomic E-state index is 12.2. The highest BCUT2D eigenvalue weighted by atomic mass is 35.5. The fraction of sp³-hybridized carbons (Fsp3) is 0.571. The van der Waals surface area contributed by atoms with Gasteiger partial charge in [0, 0.05) is 23.3 Å². The van der Waals surface area contributed by atoms with Crippen molar-refractivity contribution in [2.75, 3.05) is 19.0 Å². The van der Waals surface area contributed by atoms with Crippen LogP contribution in [0.4, 0.5) is 0 Å². The highest BCUT2D eigenvalue weighted by Crippen LogP contribution is 2.54. The normalized spacial score (nSPS) is 29.4. The van der Waals surface area contributed by atoms with Crippen LogP contribution in [0.25, 0.3) is 0 Å². The van der Waals surface area contributed by atoms with Crippen molar-refractivity contribution in [3.63, 3.8) is 0 Å². The molecule has 112 valence electrons. The van der Waals surface area contributed by atoms with Gasteiger partial charge in [-0.25, -0.2) is 8.42 Å². The molecule has 0 amide bonds. The van der Waals surface area contributed by atoms with E-state index in [0.29, 0.717) is 11.6 Å². The van der Waals surface area contributed by atoms with Gasteiger partial charge >= 0.3 is 0 Å². The zero-order valence-electron chi connectivity index (χ0n) is 11.7. The van der Waals surface area contributed by atoms with Crippen LogP contribution >= 0.6 is 11.6 Å². The predicted molar refractivity (Wildman–Crippen MR) is 80.9 cm³/mol. The van der Waals surface area contributed by atoms with Gasteiger partial charge in [0.2, 0.25) is 0 Å². The molecule has 0 heterocycles. The monoisotopic (exact) mass is 317 g/mol. The Labute approximate surface area is 125 Å². The molecular formula is C14H20ClNO3S. The minimum absolute atomic E-state index is 0.0831. The quantitative estimate of drug-likeness (QED) is 0.871. The van der Waals surface area contributed by atoms with Crippen LogP contribution < -0.4 is 5.73 Å². The van der Waals surface area contributed by atoms with Crippen LogP contribution in [0.2, 0.25) is 5.02 Å². The maximum atomic E-state index is 12.2. The average Bonchev–Trinajstić information content (AvgIpc) is 3.04. The number of rotatable bonds is 6. The fourth-order valence-electron chi connectivity index (χ4n) is 2.78. The Morgan fingerprint density at radius 1 is 1.40 bits per heavy atom. The molecule has 2 N–H and O–H groups in total. The second-order valence-corrected chi connectivity index (χ2v) is 8.00. The van der Waals surface area contributed by atoms with Crippen molar-refractivity contribution in [1.29, 1.82) is 0 Å². The Kier molecular flexibility index (Phi) is 4.44. The first-order valence-electron chi connectivity index (χ1n) is 6.70. The van der Waals surface area contributed by atoms with E-state index in [1.165, 1.54) is 0 Å². The standard InChI is InChI=1S/C14H20ClNO3S/c1-3-19-9-14(16)12(13(14)20(17,18)4-2)10-6-5-7-11(15)8-10/h5-8,12-13H,3-4,9,16H2,1-2H3/t12-,13+,14+/m1/s1. The first kappa shape index (κ1) is 15.8. The number of halogens is 1. The van der Waals surface area contributed by atoms with E-state index in [9.17, 15) is 8.42 Å². The molecule has 1 aromatic carbocycles. The summed E-state index contributed by atoms with van der Waals surface area (Å²) < 4.78 is 29.9. The average molecular weight is 318 g/mol. The minimum atomic E-state index is -3.22. The molecule has 0 bridgehead atoms. The third kappa shape index (κ3) is 2.72. The van der Waals surface area contributed by atoms with E-state index in [2.05, 4.69) is 0 Å². The van der Waals surface area contributed by atoms with E-state index in [1.54, 1.807) is 19.1 Å². The summed E-state index contributed by atoms with van der Waals surface area (Å²) in [6.07, 6.45) is 0. The van der Waals surface area contributed by atoms with Crippen molar-refractivity contribution in [3.05, 3.63) is 34.9 Å². The largest absolute Gasteiger partial charge is 0.380 e. The van der Waals surface area contributed by atoms with Crippen molar-refractivity contribution >= 4 is 21.4 Å². The van der Waals surface area contributed by atoms with E-state index in [-0.39, 0.29) is 18.3 Å². The second kappa shape index (κ2) is 5.64. The van der Waals surface area contributed by atoms with E-state index in [4.69, 9.17) is 22.1 Å². The summed E-state index contributed by atoms with van der Waals surface area (Å²) in [6.45, 7) is 4.26. The molecule has 3 atom stereocenters. The molecule has 0 unspecified atom stereocenters. The second-order valence-electron chi connectivity index (χ2n) is 5.15. The van der Waals surface area contributed by atoms with Gasteiger partial charge in [-0.2, -0.15) is 0 Å². The van der Waals surface area contributed by atoms with Gasteiger partial charge in [0.25, 0.3) is 0 Å². The molecule has 0 radical (unpaired) electrons. The van der Waals surface area contributed by atoms with Crippen molar-refractivity contribution in [2.24, 2.45) is 5.73 Å². The molecule has 4 nitrogen and oxygen atoms in total. The van der Waals surface area contributed by atoms with Crippen LogP contribution in [0.1, 0.15) is 25.3 Å². The number of nitrogens with two attached hydrogens (primary N) is 1. The van der Waals surface area contributed by atoms with Gasteiger partial charge in [0.05, 0.1) is 17.4 Å². The SMILES string of the molecule is CCOC[C@]1(N)[C@H](c2cccc(Cl)c2)[C@@H]1S(=O)(=O)CC. The van der Waals surface area contributed by atoms with Gasteiger partial charge in [-0.05, 0) is 24.6 Å². The minimum Gasteiger partial charge on any atom is -0.380 e. The zero-order valence-corrected chi connectivity index (χ0v) is 13.2. The van der Waals surface area contributed by atoms with Crippen LogP contribution in [0.5, 0.6) is 0 Å². The first-order valence-corrected chi connectivity index (χ1v) is 8.79. The third-order valence-electron chi connectivity index (χ3n) is 3.86. The molecule has 1 saturated carbocycles. The number of hydrogen-bond acceptors (Lipinski definition) is 4. The first-order chi connectivity index (χ1) is 9.36. The van der Waals surface area contributed by atoms with E-state index in [1.807, 2.05) is 19.1 Å². The van der Waals surface area contributed by atoms with Crippen molar-refractivity contribution in [1.82, 2.24) is 0 Å². The molecule has 6 heteroatoms. The zero-order chi connectivity index (χ0) is 15.0. The van der Waals surface area contributed by atoms with Gasteiger partial charge in [-0.3, -0.25) is 0 Å². The molecule has 0 aromatic heterocycles. The van der Waals surface area contributed by atoms with Gasteiger partial charge in [0.15, 0.2) is 9.84 Å². The van der Waals surface area contributed by atoms with Crippen LogP contribution in [-0.2, 0) is 14.6 Å². The molecule has 20 heavy (non-hydrogen) atoms. The summed E-state index contributed by atoms with van der Waals surface area (Å²) in [5.41, 5.74) is 6.33. The lowest BCUT2D eigenvalue weighted by Gasteiger charge is -2.12. The fourth-order valence-corrected chi connectivity index (χ4v) is 4.97. The molecule has 1 fully saturated rings. The van der Waals surface area contributed by atoms with E-state index in [0.717, 1.165) is 5.56 Å². The molecular weight excluding hydrogens is 298 g/mol. The molecule has 1 aliphatic carbocycles. The summed E-state index contributed by atoms with van der Waals surface area (Å²) in [5.74, 6) is -0.169. The van der Waals surface area contributed by atoms with Gasteiger partial charge < -0.3 is 10.5 Å². The Balaban J connectivity index is 2.35. The molecule has 0 aliphatic heterocycles. The number of hydrogen-bond donors (Lipinski definition) is 1. The summed E-state index contributed by atoms with van der Waals surface area (Å²) in [4.78, 5) is 0. The topological polar surface area (TPSA) is 69.4 Å². The Morgan fingerprint density at radius 2 is 2.10 bits per heavy atom. The number of sulfone groups is 1. The molecule has 2 rings (SSSR count). The van der Waals surface area contributed by atoms with Crippen molar-refractivity contribution in [3.8, 4) is 0 Å². The van der Waals surface area contributed by atoms with Crippen molar-refractivity contribution < 1.29 is 13.2 Å². The Hall–Kier alpha value is -0.620. The maximum Gasteiger partial charge on any atom is 0.155 e. The van der Waals surface area contributed by atoms with E-state index >= 15 is 0 Å². The number of benzene rings is 1. The lowest BCUT2D eigenvalue weighted by Crippen LogP contribution is -2.36. The van der Waals surface area contributed by atoms with Crippen LogP contribution in [0, 0.1) is 0 Å². The van der Waals surface area contributed by atoms with Crippen LogP contribution in [0.15, 0.2) is 24.3 Å². The van der Waals surface area contributed by atoms with E-state index < -0.39 is 20.6 Å². The third-order valence-corrected chi connectivity index (χ3v) is 6.38. The highest BCUT2D eigenvalue weighted by molar-refractivity contribution is 7.92. The predicted octanol–water partition coefficient (Wildman–Crippen LogP) is 1.97. The van der Waals surface area contributed by atoms with Gasteiger partial charge in [-0.1, -0.05) is 30.7 Å². The number of ether oxygens (including phenoxy) is 1. The highest BCUT2D eigenvalue weighted by Gasteiger charge is 2.68. The molecule has 1 aromatic rings. The Morgan fingerprint density at radius 3 is 2.65 bits per heavy atom. The lowest BCUT2D eigenvalue weighted by atomic mass is 10.1. The smallest absolute Gasteiger partial charge is 0.155 e. The summed E-state index contributed by atoms with van der Waals surface area (Å²) in [5, 5.41) is -0.00850. The molecule has 1 aliphatic rings. The summed E-state index contributed by atoms with van der Waals surface area (Å²) in [6, 6.07) is 7.23. The van der Waals surface area contributed by atoms with Crippen LogP contribution in [0.3, 0.4) is 0 Å².